The van der Waals surface area contributed by atoms with Crippen LogP contribution in [0.3, 0.4) is 0 Å². The van der Waals surface area contributed by atoms with Crippen LogP contribution < -0.4 is 0 Å². The van der Waals surface area contributed by atoms with Gasteiger partial charge in [-0.05, 0) is 59.2 Å². The van der Waals surface area contributed by atoms with Gasteiger partial charge in [-0.15, -0.1) is 24.3 Å². The van der Waals surface area contributed by atoms with Gasteiger partial charge in [0, 0.05) is 0 Å². The molecule has 0 amide bonds. The average Bonchev–Trinajstić information content (AvgIpc) is 3.11. The zero-order chi connectivity index (χ0) is 26.0. The predicted octanol–water partition coefficient (Wildman–Crippen LogP) is 9.68. The van der Waals surface area contributed by atoms with Gasteiger partial charge >= 0.3 is 39.9 Å². The molecule has 0 heterocycles. The third-order valence-electron chi connectivity index (χ3n) is 7.31. The fourth-order valence-electron chi connectivity index (χ4n) is 3.77. The molecular formula is C34H44Th+2. The summed E-state index contributed by atoms with van der Waals surface area (Å²) in [6.45, 7) is 29.4. The first-order valence-corrected chi connectivity index (χ1v) is 12.0. The molecule has 2 aromatic rings. The van der Waals surface area contributed by atoms with E-state index in [0.717, 1.165) is 11.1 Å². The van der Waals surface area contributed by atoms with Crippen molar-refractivity contribution in [2.45, 2.75) is 69.2 Å². The van der Waals surface area contributed by atoms with Crippen LogP contribution in [0.25, 0.3) is 0 Å². The van der Waals surface area contributed by atoms with Crippen LogP contribution in [0.4, 0.5) is 0 Å². The Morgan fingerprint density at radius 1 is 0.314 bits per heavy atom. The van der Waals surface area contributed by atoms with Crippen molar-refractivity contribution in [2.24, 2.45) is 0 Å². The first-order valence-electron chi connectivity index (χ1n) is 12.0. The Kier molecular flexibility index (Phi) is 16.9. The summed E-state index contributed by atoms with van der Waals surface area (Å²) in [5.74, 6) is 14.7. The molecule has 4 rings (SSSR count). The van der Waals surface area contributed by atoms with E-state index in [1.807, 2.05) is 60.7 Å². The van der Waals surface area contributed by atoms with Gasteiger partial charge in [0.1, 0.15) is 0 Å². The maximum Gasteiger partial charge on any atom is 4.00 e. The third-order valence-corrected chi connectivity index (χ3v) is 7.31. The van der Waals surface area contributed by atoms with E-state index in [2.05, 4.69) is 83.1 Å². The number of rotatable bonds is 0. The third kappa shape index (κ3) is 10.8. The molecule has 2 aliphatic carbocycles. The Hall–Kier alpha value is -0.495. The molecule has 35 heavy (non-hydrogen) atoms. The SMILES string of the molecule is C[C]1[C](C)[C](C)[C](C)[C]1C.C[C]1[C](C)[C](C)[C](C)[C]1C.[CH2-]c1ccccc1.[CH2-]c1ccccc1.[Th+4]. The molecule has 182 valence electrons. The first-order chi connectivity index (χ1) is 15.9. The molecule has 0 aliphatic heterocycles. The fraction of sp³-hybridized carbons (Fsp3) is 0.294. The quantitative estimate of drug-likeness (QED) is 0.243. The van der Waals surface area contributed by atoms with Crippen LogP contribution in [0.5, 0.6) is 0 Å². The number of hydrogen-bond donors (Lipinski definition) is 0. The zero-order valence-corrected chi connectivity index (χ0v) is 27.8. The van der Waals surface area contributed by atoms with Crippen molar-refractivity contribution >= 4 is 0 Å². The minimum atomic E-state index is 0. The molecule has 0 nitrogen and oxygen atoms in total. The van der Waals surface area contributed by atoms with Crippen molar-refractivity contribution in [3.05, 3.63) is 145 Å². The molecule has 2 aromatic carbocycles. The summed E-state index contributed by atoms with van der Waals surface area (Å²) in [7, 11) is 0. The van der Waals surface area contributed by atoms with Gasteiger partial charge in [-0.2, -0.15) is 49.2 Å². The summed E-state index contributed by atoms with van der Waals surface area (Å²) in [4.78, 5) is 0. The molecule has 0 unspecified atom stereocenters. The van der Waals surface area contributed by atoms with Gasteiger partial charge in [-0.25, -0.2) is 0 Å². The van der Waals surface area contributed by atoms with Crippen molar-refractivity contribution in [1.82, 2.24) is 0 Å². The minimum absolute atomic E-state index is 0. The Bertz CT molecular complexity index is 613. The molecule has 0 saturated heterocycles. The van der Waals surface area contributed by atoms with Crippen LogP contribution in [0.1, 0.15) is 80.4 Å². The van der Waals surface area contributed by atoms with Crippen LogP contribution >= 0.6 is 0 Å². The number of hydrogen-bond acceptors (Lipinski definition) is 0. The van der Waals surface area contributed by atoms with Gasteiger partial charge < -0.3 is 0 Å². The zero-order valence-electron chi connectivity index (χ0n) is 23.7. The Labute approximate surface area is 252 Å². The second kappa shape index (κ2) is 17.1. The van der Waals surface area contributed by atoms with Gasteiger partial charge in [0.15, 0.2) is 0 Å². The van der Waals surface area contributed by atoms with Gasteiger partial charge in [0.25, 0.3) is 0 Å². The standard InChI is InChI=1S/2C10H15.2C7H7.Th/c2*1-6-7(2)9(4)10(5)8(6)3;2*1-7-5-3-2-4-6-7;/h2*1-5H3;2*2-6H,1H2;/q;;2*-1;+4. The van der Waals surface area contributed by atoms with Crippen LogP contribution in [0.2, 0.25) is 0 Å². The van der Waals surface area contributed by atoms with E-state index in [4.69, 9.17) is 0 Å². The van der Waals surface area contributed by atoms with Crippen LogP contribution in [-0.4, -0.2) is 0 Å². The summed E-state index contributed by atoms with van der Waals surface area (Å²) in [5.41, 5.74) is 2.14. The molecular weight excluding hydrogens is 640 g/mol. The minimum Gasteiger partial charge on any atom is -0.199 e. The van der Waals surface area contributed by atoms with Crippen LogP contribution in [-0.2, 0) is 0 Å². The molecule has 0 spiro atoms. The van der Waals surface area contributed by atoms with Crippen molar-refractivity contribution in [1.29, 1.82) is 0 Å². The predicted molar refractivity (Wildman–Crippen MR) is 151 cm³/mol. The monoisotopic (exact) mass is 684 g/mol. The maximum absolute atomic E-state index is 3.72. The Morgan fingerprint density at radius 2 is 0.457 bits per heavy atom. The number of benzene rings is 2. The second-order valence-electron chi connectivity index (χ2n) is 9.22. The van der Waals surface area contributed by atoms with E-state index < -0.39 is 0 Å². The second-order valence-corrected chi connectivity index (χ2v) is 9.22. The van der Waals surface area contributed by atoms with Crippen LogP contribution in [0, 0.1) is 113 Å². The van der Waals surface area contributed by atoms with E-state index >= 15 is 0 Å². The molecule has 0 aromatic heterocycles. The summed E-state index contributed by atoms with van der Waals surface area (Å²) in [5, 5.41) is 0. The molecule has 0 N–H and O–H groups in total. The van der Waals surface area contributed by atoms with Crippen molar-refractivity contribution in [3.63, 3.8) is 0 Å². The van der Waals surface area contributed by atoms with Gasteiger partial charge in [-0.1, -0.05) is 81.4 Å². The smallest absolute Gasteiger partial charge is 0.199 e. The molecule has 10 radical (unpaired) electrons. The van der Waals surface area contributed by atoms with Crippen LogP contribution in [0.15, 0.2) is 60.7 Å². The van der Waals surface area contributed by atoms with Crippen molar-refractivity contribution < 1.29 is 39.9 Å². The Balaban J connectivity index is 0.000000442. The van der Waals surface area contributed by atoms with E-state index in [0.29, 0.717) is 0 Å². The molecule has 2 fully saturated rings. The summed E-state index contributed by atoms with van der Waals surface area (Å²) >= 11 is 0. The van der Waals surface area contributed by atoms with Gasteiger partial charge in [0.2, 0.25) is 0 Å². The fourth-order valence-corrected chi connectivity index (χ4v) is 3.77. The molecule has 2 aliphatic rings. The maximum atomic E-state index is 3.72. The average molecular weight is 685 g/mol. The van der Waals surface area contributed by atoms with E-state index in [-0.39, 0.29) is 39.9 Å². The van der Waals surface area contributed by atoms with E-state index in [1.54, 1.807) is 0 Å². The molecule has 1 heteroatoms. The summed E-state index contributed by atoms with van der Waals surface area (Å²) in [6.07, 6.45) is 0. The van der Waals surface area contributed by atoms with Crippen molar-refractivity contribution in [2.75, 3.05) is 0 Å². The summed E-state index contributed by atoms with van der Waals surface area (Å²) < 4.78 is 0. The first kappa shape index (κ1) is 34.5. The van der Waals surface area contributed by atoms with Gasteiger partial charge in [0.05, 0.1) is 0 Å². The molecule has 2 saturated carbocycles. The van der Waals surface area contributed by atoms with E-state index in [9.17, 15) is 0 Å². The van der Waals surface area contributed by atoms with Crippen molar-refractivity contribution in [3.8, 4) is 0 Å². The topological polar surface area (TPSA) is 0 Å². The van der Waals surface area contributed by atoms with Gasteiger partial charge in [-0.3, -0.25) is 0 Å². The largest absolute Gasteiger partial charge is 4.00 e. The Morgan fingerprint density at radius 3 is 0.543 bits per heavy atom. The van der Waals surface area contributed by atoms with E-state index in [1.165, 1.54) is 59.2 Å². The molecule has 0 atom stereocenters. The molecule has 0 bridgehead atoms. The summed E-state index contributed by atoms with van der Waals surface area (Å²) in [6, 6.07) is 19.7. The normalized spacial score (nSPS) is 19.7.